The third kappa shape index (κ3) is 7.70. The molecule has 11 nitrogen and oxygen atoms in total. The Bertz CT molecular complexity index is 1550. The van der Waals surface area contributed by atoms with Gasteiger partial charge in [0.05, 0.1) is 24.6 Å². The maximum Gasteiger partial charge on any atom is 0.328 e. The number of hydrogen-bond donors (Lipinski definition) is 3. The number of halogens is 1. The van der Waals surface area contributed by atoms with E-state index in [0.29, 0.717) is 46.5 Å². The molecule has 0 bridgehead atoms. The number of rotatable bonds is 10. The largest absolute Gasteiger partial charge is 0.493 e. The number of H-pyrrole nitrogens is 1. The lowest BCUT2D eigenvalue weighted by atomic mass is 10.2. The summed E-state index contributed by atoms with van der Waals surface area (Å²) in [5.74, 6) is -1.42. The molecule has 41 heavy (non-hydrogen) atoms. The molecule has 0 spiro atoms. The molecule has 2 aromatic heterocycles. The van der Waals surface area contributed by atoms with Crippen LogP contribution in [0.1, 0.15) is 25.0 Å². The second-order valence-corrected chi connectivity index (χ2v) is 9.35. The van der Waals surface area contributed by atoms with Gasteiger partial charge in [0.25, 0.3) is 0 Å². The van der Waals surface area contributed by atoms with Crippen LogP contribution in [0, 0.1) is 12.7 Å². The Balaban J connectivity index is 0.000000426. The van der Waals surface area contributed by atoms with Crippen LogP contribution in [0.4, 0.5) is 4.39 Å². The third-order valence-electron chi connectivity index (χ3n) is 6.37. The van der Waals surface area contributed by atoms with Crippen molar-refractivity contribution in [3.63, 3.8) is 0 Å². The van der Waals surface area contributed by atoms with E-state index in [4.69, 9.17) is 24.4 Å². The molecule has 1 aliphatic rings. The highest BCUT2D eigenvalue weighted by molar-refractivity contribution is 5.89. The van der Waals surface area contributed by atoms with Gasteiger partial charge in [-0.2, -0.15) is 0 Å². The van der Waals surface area contributed by atoms with Crippen LogP contribution in [-0.2, 0) is 9.59 Å². The second kappa shape index (κ2) is 13.6. The number of carbonyl (C=O) groups is 2. The van der Waals surface area contributed by atoms with Gasteiger partial charge in [-0.1, -0.05) is 0 Å². The topological polar surface area (TPSA) is 147 Å². The Morgan fingerprint density at radius 1 is 1.02 bits per heavy atom. The van der Waals surface area contributed by atoms with Crippen LogP contribution in [0.15, 0.2) is 48.8 Å². The van der Waals surface area contributed by atoms with Crippen molar-refractivity contribution in [3.05, 3.63) is 60.3 Å². The number of fused-ring (bicyclic) bond motifs is 2. The van der Waals surface area contributed by atoms with Gasteiger partial charge in [0.15, 0.2) is 23.1 Å². The Hall–Kier alpha value is -4.71. The minimum atomic E-state index is -1.26. The lowest BCUT2D eigenvalue weighted by molar-refractivity contribution is -0.134. The Morgan fingerprint density at radius 3 is 2.44 bits per heavy atom. The van der Waals surface area contributed by atoms with Gasteiger partial charge in [0.2, 0.25) is 5.88 Å². The van der Waals surface area contributed by atoms with E-state index in [1.165, 1.54) is 32.3 Å². The summed E-state index contributed by atoms with van der Waals surface area (Å²) in [4.78, 5) is 33.3. The first-order valence-electron chi connectivity index (χ1n) is 13.0. The van der Waals surface area contributed by atoms with Crippen molar-refractivity contribution in [2.24, 2.45) is 0 Å². The number of aliphatic carboxylic acids is 2. The second-order valence-electron chi connectivity index (χ2n) is 9.35. The molecule has 1 aliphatic heterocycles. The van der Waals surface area contributed by atoms with Gasteiger partial charge < -0.3 is 34.3 Å². The molecule has 0 saturated carbocycles. The van der Waals surface area contributed by atoms with Crippen LogP contribution in [0.3, 0.4) is 0 Å². The molecular formula is C29H31FN4O7. The molecule has 0 aliphatic carbocycles. The molecule has 0 atom stereocenters. The number of carboxylic acid groups (broad SMARTS) is 2. The number of ether oxygens (including phenoxy) is 3. The van der Waals surface area contributed by atoms with Gasteiger partial charge in [0.1, 0.15) is 6.33 Å². The van der Waals surface area contributed by atoms with Gasteiger partial charge in [0, 0.05) is 41.4 Å². The molecule has 12 heteroatoms. The van der Waals surface area contributed by atoms with E-state index < -0.39 is 17.8 Å². The van der Waals surface area contributed by atoms with Crippen LogP contribution in [0.25, 0.3) is 21.8 Å². The molecule has 0 unspecified atom stereocenters. The van der Waals surface area contributed by atoms with Gasteiger partial charge >= 0.3 is 11.9 Å². The highest BCUT2D eigenvalue weighted by atomic mass is 19.1. The Morgan fingerprint density at radius 2 is 1.76 bits per heavy atom. The van der Waals surface area contributed by atoms with E-state index in [1.807, 2.05) is 13.0 Å². The Labute approximate surface area is 235 Å². The molecule has 1 fully saturated rings. The van der Waals surface area contributed by atoms with E-state index in [2.05, 4.69) is 19.9 Å². The lowest BCUT2D eigenvalue weighted by Crippen LogP contribution is -2.21. The van der Waals surface area contributed by atoms with Gasteiger partial charge in [-0.25, -0.2) is 23.9 Å². The van der Waals surface area contributed by atoms with Crippen molar-refractivity contribution in [2.75, 3.05) is 33.4 Å². The van der Waals surface area contributed by atoms with Crippen molar-refractivity contribution >= 4 is 33.7 Å². The number of nitrogens with zero attached hydrogens (tertiary/aromatic N) is 3. The number of nitrogens with one attached hydrogen (secondary N) is 1. The molecule has 0 amide bonds. The molecule has 1 saturated heterocycles. The molecule has 4 aromatic rings. The van der Waals surface area contributed by atoms with E-state index in [1.54, 1.807) is 31.4 Å². The molecule has 5 rings (SSSR count). The van der Waals surface area contributed by atoms with E-state index in [-0.39, 0.29) is 11.6 Å². The normalized spacial score (nSPS) is 13.3. The summed E-state index contributed by atoms with van der Waals surface area (Å²) in [6, 6.07) is 8.73. The molecule has 3 heterocycles. The fourth-order valence-corrected chi connectivity index (χ4v) is 4.48. The first-order valence-corrected chi connectivity index (χ1v) is 13.0. The number of aryl methyl sites for hydroxylation is 1. The monoisotopic (exact) mass is 566 g/mol. The number of likely N-dealkylation sites (tertiary alicyclic amines) is 1. The van der Waals surface area contributed by atoms with Crippen molar-refractivity contribution in [2.45, 2.75) is 26.2 Å². The zero-order valence-electron chi connectivity index (χ0n) is 22.7. The zero-order chi connectivity index (χ0) is 29.4. The highest BCUT2D eigenvalue weighted by Crippen LogP contribution is 2.37. The summed E-state index contributed by atoms with van der Waals surface area (Å²) in [5.41, 5.74) is 2.23. The molecule has 0 radical (unpaired) electrons. The van der Waals surface area contributed by atoms with E-state index in [9.17, 15) is 9.59 Å². The predicted octanol–water partition coefficient (Wildman–Crippen LogP) is 4.94. The van der Waals surface area contributed by atoms with E-state index >= 15 is 4.39 Å². The summed E-state index contributed by atoms with van der Waals surface area (Å²) in [6.07, 6.45) is 6.03. The third-order valence-corrected chi connectivity index (χ3v) is 6.37. The fraction of sp³-hybridized carbons (Fsp3) is 0.310. The van der Waals surface area contributed by atoms with E-state index in [0.717, 1.165) is 24.2 Å². The van der Waals surface area contributed by atoms with Crippen LogP contribution < -0.4 is 14.2 Å². The predicted molar refractivity (Wildman–Crippen MR) is 149 cm³/mol. The van der Waals surface area contributed by atoms with Gasteiger partial charge in [-0.15, -0.1) is 0 Å². The zero-order valence-corrected chi connectivity index (χ0v) is 22.7. The van der Waals surface area contributed by atoms with Crippen molar-refractivity contribution in [3.8, 4) is 23.1 Å². The van der Waals surface area contributed by atoms with Crippen LogP contribution in [-0.4, -0.2) is 75.4 Å². The maximum atomic E-state index is 15.0. The van der Waals surface area contributed by atoms with Crippen molar-refractivity contribution in [1.82, 2.24) is 19.9 Å². The first kappa shape index (κ1) is 29.3. The number of aromatic amines is 1. The number of hydrogen-bond acceptors (Lipinski definition) is 8. The average molecular weight is 567 g/mol. The quantitative estimate of drug-likeness (QED) is 0.178. The van der Waals surface area contributed by atoms with Crippen LogP contribution >= 0.6 is 0 Å². The summed E-state index contributed by atoms with van der Waals surface area (Å²) in [6.45, 7) is 5.86. The summed E-state index contributed by atoms with van der Waals surface area (Å²) in [7, 11) is 1.59. The van der Waals surface area contributed by atoms with Crippen LogP contribution in [0.2, 0.25) is 0 Å². The average Bonchev–Trinajstić information content (AvgIpc) is 3.61. The molecule has 2 aromatic carbocycles. The minimum absolute atomic E-state index is 0.0997. The highest BCUT2D eigenvalue weighted by Gasteiger charge is 2.17. The smallest absolute Gasteiger partial charge is 0.328 e. The van der Waals surface area contributed by atoms with Crippen LogP contribution in [0.5, 0.6) is 23.1 Å². The van der Waals surface area contributed by atoms with Gasteiger partial charge in [-0.3, -0.25) is 0 Å². The fourth-order valence-electron chi connectivity index (χ4n) is 4.48. The Kier molecular flexibility index (Phi) is 9.69. The number of methoxy groups -OCH3 is 1. The number of benzene rings is 2. The van der Waals surface area contributed by atoms with Gasteiger partial charge in [-0.05, 0) is 63.5 Å². The van der Waals surface area contributed by atoms with Crippen molar-refractivity contribution in [1.29, 1.82) is 0 Å². The molecule has 3 N–H and O–H groups in total. The lowest BCUT2D eigenvalue weighted by Gasteiger charge is -2.16. The SMILES string of the molecule is COc1cc2c(Oc3ccc4[nH]c(C)cc4c3F)ncnc2cc1OCCCN1CCCC1.O=C(O)/C=C\C(=O)O. The number of aromatic nitrogens is 3. The molecular weight excluding hydrogens is 535 g/mol. The summed E-state index contributed by atoms with van der Waals surface area (Å²) in [5, 5.41) is 16.7. The van der Waals surface area contributed by atoms with Crippen molar-refractivity contribution < 1.29 is 38.4 Å². The first-order chi connectivity index (χ1) is 19.7. The minimum Gasteiger partial charge on any atom is -0.493 e. The standard InChI is InChI=1S/C25H27FN4O3.C4H4O4/c1-16-12-17-19(29-16)6-7-21(24(17)26)33-25-18-13-22(31-2)23(14-20(18)27-15-28-25)32-11-5-10-30-8-3-4-9-30;5-3(6)1-2-4(7)8/h6-7,12-15,29H,3-5,8-11H2,1-2H3;1-2H,(H,5,6)(H,7,8)/b;2-1-. The molecule has 216 valence electrons. The maximum absolute atomic E-state index is 15.0. The summed E-state index contributed by atoms with van der Waals surface area (Å²) < 4.78 is 32.5. The number of carboxylic acids is 2. The summed E-state index contributed by atoms with van der Waals surface area (Å²) >= 11 is 0.